The standard InChI is InChI=1S/C12H14N2O2/c1-8(10-4-2-3-5-11(10)15)13-14-12(16)9-6-7-9/h2-5,9,15H,6-7H2,1H3,(H,14,16)/b13-8+. The highest BCUT2D eigenvalue weighted by Crippen LogP contribution is 2.28. The van der Waals surface area contributed by atoms with Gasteiger partial charge in [0.2, 0.25) is 5.91 Å². The number of phenolic OH excluding ortho intramolecular Hbond substituents is 1. The molecule has 0 aliphatic heterocycles. The first-order chi connectivity index (χ1) is 7.68. The van der Waals surface area contributed by atoms with Crippen molar-refractivity contribution in [2.24, 2.45) is 11.0 Å². The van der Waals surface area contributed by atoms with Gasteiger partial charge in [-0.1, -0.05) is 12.1 Å². The molecule has 1 saturated carbocycles. The lowest BCUT2D eigenvalue weighted by molar-refractivity contribution is -0.122. The summed E-state index contributed by atoms with van der Waals surface area (Å²) in [5.41, 5.74) is 3.75. The van der Waals surface area contributed by atoms with Crippen molar-refractivity contribution in [3.05, 3.63) is 29.8 Å². The summed E-state index contributed by atoms with van der Waals surface area (Å²) in [4.78, 5) is 11.3. The van der Waals surface area contributed by atoms with Gasteiger partial charge in [-0.25, -0.2) is 5.43 Å². The minimum atomic E-state index is -0.0326. The number of hydrazone groups is 1. The van der Waals surface area contributed by atoms with E-state index in [2.05, 4.69) is 10.5 Å². The minimum absolute atomic E-state index is 0.0326. The minimum Gasteiger partial charge on any atom is -0.507 e. The second kappa shape index (κ2) is 4.35. The molecule has 16 heavy (non-hydrogen) atoms. The second-order valence-electron chi connectivity index (χ2n) is 3.96. The van der Waals surface area contributed by atoms with E-state index in [1.54, 1.807) is 25.1 Å². The number of aromatic hydroxyl groups is 1. The Kier molecular flexibility index (Phi) is 2.90. The molecule has 0 saturated heterocycles. The van der Waals surface area contributed by atoms with E-state index in [1.807, 2.05) is 6.07 Å². The fourth-order valence-corrected chi connectivity index (χ4v) is 1.42. The number of carbonyl (C=O) groups excluding carboxylic acids is 1. The van der Waals surface area contributed by atoms with E-state index in [1.165, 1.54) is 0 Å². The molecular formula is C12H14N2O2. The molecule has 0 atom stereocenters. The van der Waals surface area contributed by atoms with Crippen molar-refractivity contribution < 1.29 is 9.90 Å². The number of carbonyl (C=O) groups is 1. The maximum atomic E-state index is 11.3. The summed E-state index contributed by atoms with van der Waals surface area (Å²) in [6, 6.07) is 6.92. The lowest BCUT2D eigenvalue weighted by Gasteiger charge is -2.03. The summed E-state index contributed by atoms with van der Waals surface area (Å²) < 4.78 is 0. The van der Waals surface area contributed by atoms with Crippen LogP contribution in [0.4, 0.5) is 0 Å². The molecule has 0 radical (unpaired) electrons. The maximum Gasteiger partial charge on any atom is 0.243 e. The molecule has 0 spiro atoms. The number of rotatable bonds is 3. The molecule has 2 N–H and O–H groups in total. The van der Waals surface area contributed by atoms with Crippen LogP contribution in [0.5, 0.6) is 5.75 Å². The summed E-state index contributed by atoms with van der Waals surface area (Å²) in [7, 11) is 0. The summed E-state index contributed by atoms with van der Waals surface area (Å²) >= 11 is 0. The van der Waals surface area contributed by atoms with E-state index in [9.17, 15) is 9.90 Å². The first-order valence-electron chi connectivity index (χ1n) is 5.31. The van der Waals surface area contributed by atoms with Gasteiger partial charge >= 0.3 is 0 Å². The molecule has 0 aromatic heterocycles. The van der Waals surface area contributed by atoms with Gasteiger partial charge in [-0.2, -0.15) is 5.10 Å². The summed E-state index contributed by atoms with van der Waals surface area (Å²) in [5, 5.41) is 13.5. The number of amides is 1. The van der Waals surface area contributed by atoms with Crippen molar-refractivity contribution in [2.75, 3.05) is 0 Å². The molecule has 1 aromatic carbocycles. The Morgan fingerprint density at radius 2 is 2.12 bits per heavy atom. The number of nitrogens with one attached hydrogen (secondary N) is 1. The molecule has 0 unspecified atom stereocenters. The molecule has 4 nitrogen and oxygen atoms in total. The zero-order valence-electron chi connectivity index (χ0n) is 9.10. The van der Waals surface area contributed by atoms with E-state index < -0.39 is 0 Å². The monoisotopic (exact) mass is 218 g/mol. The van der Waals surface area contributed by atoms with Gasteiger partial charge in [0.05, 0.1) is 5.71 Å². The van der Waals surface area contributed by atoms with Crippen LogP contribution in [0.25, 0.3) is 0 Å². The third kappa shape index (κ3) is 2.39. The lowest BCUT2D eigenvalue weighted by Crippen LogP contribution is -2.20. The van der Waals surface area contributed by atoms with Crippen LogP contribution in [0, 0.1) is 5.92 Å². The number of nitrogens with zero attached hydrogens (tertiary/aromatic N) is 1. The number of hydrogen-bond donors (Lipinski definition) is 2. The average molecular weight is 218 g/mol. The zero-order chi connectivity index (χ0) is 11.5. The summed E-state index contributed by atoms with van der Waals surface area (Å²) in [6.07, 6.45) is 1.91. The maximum absolute atomic E-state index is 11.3. The van der Waals surface area contributed by atoms with Crippen LogP contribution >= 0.6 is 0 Å². The molecule has 2 rings (SSSR count). The topological polar surface area (TPSA) is 61.7 Å². The van der Waals surface area contributed by atoms with Crippen LogP contribution in [0.15, 0.2) is 29.4 Å². The average Bonchev–Trinajstić information content (AvgIpc) is 3.10. The van der Waals surface area contributed by atoms with Crippen molar-refractivity contribution >= 4 is 11.6 Å². The fraction of sp³-hybridized carbons (Fsp3) is 0.333. The Balaban J connectivity index is 2.06. The van der Waals surface area contributed by atoms with Crippen molar-refractivity contribution in [3.8, 4) is 5.75 Å². The third-order valence-corrected chi connectivity index (χ3v) is 2.58. The molecule has 0 heterocycles. The van der Waals surface area contributed by atoms with Crippen molar-refractivity contribution in [1.82, 2.24) is 5.43 Å². The highest BCUT2D eigenvalue weighted by Gasteiger charge is 2.29. The molecular weight excluding hydrogens is 204 g/mol. The third-order valence-electron chi connectivity index (χ3n) is 2.58. The Morgan fingerprint density at radius 3 is 2.75 bits per heavy atom. The Morgan fingerprint density at radius 1 is 1.44 bits per heavy atom. The molecule has 1 amide bonds. The summed E-state index contributed by atoms with van der Waals surface area (Å²) in [5.74, 6) is 0.278. The Bertz CT molecular complexity index is 436. The highest BCUT2D eigenvalue weighted by atomic mass is 16.3. The number of hydrogen-bond acceptors (Lipinski definition) is 3. The molecule has 1 aliphatic carbocycles. The van der Waals surface area contributed by atoms with Crippen LogP contribution in [0.3, 0.4) is 0 Å². The van der Waals surface area contributed by atoms with E-state index >= 15 is 0 Å². The SMILES string of the molecule is C/C(=N\NC(=O)C1CC1)c1ccccc1O. The predicted molar refractivity (Wildman–Crippen MR) is 61.2 cm³/mol. The number of para-hydroxylation sites is 1. The van der Waals surface area contributed by atoms with Crippen LogP contribution in [0.1, 0.15) is 25.3 Å². The van der Waals surface area contributed by atoms with Crippen molar-refractivity contribution in [2.45, 2.75) is 19.8 Å². The largest absolute Gasteiger partial charge is 0.507 e. The van der Waals surface area contributed by atoms with Gasteiger partial charge in [0, 0.05) is 11.5 Å². The molecule has 84 valence electrons. The molecule has 1 aliphatic rings. The van der Waals surface area contributed by atoms with E-state index in [0.29, 0.717) is 11.3 Å². The second-order valence-corrected chi connectivity index (χ2v) is 3.96. The Labute approximate surface area is 94.0 Å². The summed E-state index contributed by atoms with van der Waals surface area (Å²) in [6.45, 7) is 1.75. The fourth-order valence-electron chi connectivity index (χ4n) is 1.42. The predicted octanol–water partition coefficient (Wildman–Crippen LogP) is 1.64. The normalized spacial score (nSPS) is 15.9. The highest BCUT2D eigenvalue weighted by molar-refractivity contribution is 6.01. The molecule has 4 heteroatoms. The van der Waals surface area contributed by atoms with Gasteiger partial charge in [-0.05, 0) is 31.9 Å². The van der Waals surface area contributed by atoms with Crippen molar-refractivity contribution in [1.29, 1.82) is 0 Å². The lowest BCUT2D eigenvalue weighted by atomic mass is 10.1. The van der Waals surface area contributed by atoms with E-state index in [-0.39, 0.29) is 17.6 Å². The van der Waals surface area contributed by atoms with Crippen LogP contribution in [-0.4, -0.2) is 16.7 Å². The Hall–Kier alpha value is -1.84. The van der Waals surface area contributed by atoms with Crippen LogP contribution < -0.4 is 5.43 Å². The smallest absolute Gasteiger partial charge is 0.243 e. The first kappa shape index (κ1) is 10.7. The van der Waals surface area contributed by atoms with E-state index in [0.717, 1.165) is 12.8 Å². The van der Waals surface area contributed by atoms with Gasteiger partial charge in [-0.3, -0.25) is 4.79 Å². The van der Waals surface area contributed by atoms with Gasteiger partial charge in [-0.15, -0.1) is 0 Å². The molecule has 0 bridgehead atoms. The van der Waals surface area contributed by atoms with E-state index in [4.69, 9.17) is 0 Å². The van der Waals surface area contributed by atoms with Gasteiger partial charge in [0.15, 0.2) is 0 Å². The van der Waals surface area contributed by atoms with Crippen LogP contribution in [0.2, 0.25) is 0 Å². The molecule has 1 fully saturated rings. The molecule has 1 aromatic rings. The number of phenols is 1. The van der Waals surface area contributed by atoms with Gasteiger partial charge < -0.3 is 5.11 Å². The van der Waals surface area contributed by atoms with Crippen LogP contribution in [-0.2, 0) is 4.79 Å². The first-order valence-corrected chi connectivity index (χ1v) is 5.31. The van der Waals surface area contributed by atoms with Crippen molar-refractivity contribution in [3.63, 3.8) is 0 Å². The quantitative estimate of drug-likeness (QED) is 0.598. The number of benzene rings is 1. The van der Waals surface area contributed by atoms with Gasteiger partial charge in [0.1, 0.15) is 5.75 Å². The van der Waals surface area contributed by atoms with Gasteiger partial charge in [0.25, 0.3) is 0 Å². The zero-order valence-corrected chi connectivity index (χ0v) is 9.10.